The standard InChI is InChI=1S/C25H28ClFN2O.CH2O2/c1-16-3-7-19(8-4-16)17(2)28-25(30)22-11-12-23(27)21-13-14-29(24(21)22)15-18-5-9-20(26)10-6-18;2-1-3/h5-6,9-14,16-17,19H,3-4,7-8,15H2,1-2H3,(H,28,30);1H,(H,2,3). The average molecular weight is 473 g/mol. The first-order valence-electron chi connectivity index (χ1n) is 11.2. The molecule has 0 bridgehead atoms. The van der Waals surface area contributed by atoms with Gasteiger partial charge in [-0.2, -0.15) is 0 Å². The molecular formula is C26H30ClFN2O3. The Morgan fingerprint density at radius 1 is 1.18 bits per heavy atom. The molecule has 33 heavy (non-hydrogen) atoms. The maximum atomic E-state index is 14.5. The third kappa shape index (κ3) is 6.14. The third-order valence-corrected chi connectivity index (χ3v) is 6.76. The van der Waals surface area contributed by atoms with Crippen molar-refractivity contribution in [3.05, 3.63) is 70.6 Å². The zero-order chi connectivity index (χ0) is 24.0. The van der Waals surface area contributed by atoms with Gasteiger partial charge in [-0.3, -0.25) is 9.59 Å². The van der Waals surface area contributed by atoms with Crippen LogP contribution in [0.3, 0.4) is 0 Å². The number of aromatic nitrogens is 1. The molecule has 176 valence electrons. The third-order valence-electron chi connectivity index (χ3n) is 6.51. The van der Waals surface area contributed by atoms with Gasteiger partial charge in [0.1, 0.15) is 5.82 Å². The number of halogens is 2. The molecule has 1 atom stereocenters. The zero-order valence-electron chi connectivity index (χ0n) is 18.9. The van der Waals surface area contributed by atoms with Crippen molar-refractivity contribution in [1.82, 2.24) is 9.88 Å². The zero-order valence-corrected chi connectivity index (χ0v) is 19.7. The van der Waals surface area contributed by atoms with Gasteiger partial charge < -0.3 is 15.0 Å². The molecule has 0 spiro atoms. The molecule has 1 heterocycles. The Bertz CT molecular complexity index is 1090. The van der Waals surface area contributed by atoms with E-state index < -0.39 is 0 Å². The molecule has 1 saturated carbocycles. The average Bonchev–Trinajstić information content (AvgIpc) is 3.21. The number of fused-ring (bicyclic) bond motifs is 1. The molecule has 2 N–H and O–H groups in total. The molecule has 2 aromatic carbocycles. The molecule has 4 rings (SSSR count). The maximum absolute atomic E-state index is 14.5. The fraction of sp³-hybridized carbons (Fsp3) is 0.385. The summed E-state index contributed by atoms with van der Waals surface area (Å²) in [6.45, 7) is 4.68. The summed E-state index contributed by atoms with van der Waals surface area (Å²) in [4.78, 5) is 21.5. The number of rotatable bonds is 5. The molecule has 0 aliphatic heterocycles. The lowest BCUT2D eigenvalue weighted by molar-refractivity contribution is -0.122. The molecule has 1 aliphatic carbocycles. The van der Waals surface area contributed by atoms with Crippen LogP contribution in [0.1, 0.15) is 55.5 Å². The number of benzene rings is 2. The summed E-state index contributed by atoms with van der Waals surface area (Å²) in [5.41, 5.74) is 2.19. The Hall–Kier alpha value is -2.86. The smallest absolute Gasteiger partial charge is 0.290 e. The Morgan fingerprint density at radius 2 is 1.82 bits per heavy atom. The van der Waals surface area contributed by atoms with Crippen LogP contribution >= 0.6 is 11.6 Å². The Kier molecular flexibility index (Phi) is 8.50. The number of nitrogens with one attached hydrogen (secondary N) is 1. The summed E-state index contributed by atoms with van der Waals surface area (Å²) in [6.07, 6.45) is 6.57. The highest BCUT2D eigenvalue weighted by atomic mass is 35.5. The molecule has 1 fully saturated rings. The van der Waals surface area contributed by atoms with E-state index in [0.717, 1.165) is 24.3 Å². The molecule has 3 aromatic rings. The maximum Gasteiger partial charge on any atom is 0.290 e. The number of hydrogen-bond acceptors (Lipinski definition) is 2. The normalized spacial score (nSPS) is 18.8. The lowest BCUT2D eigenvalue weighted by Crippen LogP contribution is -2.39. The second-order valence-electron chi connectivity index (χ2n) is 8.81. The predicted molar refractivity (Wildman–Crippen MR) is 129 cm³/mol. The van der Waals surface area contributed by atoms with Crippen LogP contribution in [-0.2, 0) is 11.3 Å². The van der Waals surface area contributed by atoms with Crippen LogP contribution in [0.4, 0.5) is 4.39 Å². The number of carbonyl (C=O) groups is 2. The van der Waals surface area contributed by atoms with Crippen LogP contribution in [0.2, 0.25) is 5.02 Å². The predicted octanol–water partition coefficient (Wildman–Crippen LogP) is 6.13. The summed E-state index contributed by atoms with van der Waals surface area (Å²) in [6, 6.07) is 12.4. The summed E-state index contributed by atoms with van der Waals surface area (Å²) in [5.74, 6) is 0.826. The minimum Gasteiger partial charge on any atom is -0.483 e. The Labute approximate surface area is 198 Å². The molecule has 0 saturated heterocycles. The molecule has 1 unspecified atom stereocenters. The van der Waals surface area contributed by atoms with Crippen molar-refractivity contribution in [2.45, 2.75) is 52.1 Å². The van der Waals surface area contributed by atoms with E-state index in [4.69, 9.17) is 21.5 Å². The SMILES string of the molecule is CC1CCC(C(C)NC(=O)c2ccc(F)c3ccn(Cc4ccc(Cl)cc4)c23)CC1.O=CO. The van der Waals surface area contributed by atoms with E-state index in [2.05, 4.69) is 19.2 Å². The minimum absolute atomic E-state index is 0.102. The Balaban J connectivity index is 0.000000968. The number of carbonyl (C=O) groups excluding carboxylic acids is 1. The van der Waals surface area contributed by atoms with Gasteiger partial charge in [0.05, 0.1) is 11.1 Å². The van der Waals surface area contributed by atoms with Crippen molar-refractivity contribution in [3.8, 4) is 0 Å². The van der Waals surface area contributed by atoms with Crippen molar-refractivity contribution < 1.29 is 19.1 Å². The summed E-state index contributed by atoms with van der Waals surface area (Å²) >= 11 is 5.99. The van der Waals surface area contributed by atoms with Gasteiger partial charge in [-0.1, -0.05) is 43.5 Å². The highest BCUT2D eigenvalue weighted by Crippen LogP contribution is 2.31. The molecule has 7 heteroatoms. The lowest BCUT2D eigenvalue weighted by Gasteiger charge is -2.31. The second-order valence-corrected chi connectivity index (χ2v) is 9.25. The van der Waals surface area contributed by atoms with E-state index >= 15 is 0 Å². The first-order chi connectivity index (χ1) is 15.8. The minimum atomic E-state index is -0.314. The number of nitrogens with zero attached hydrogens (tertiary/aromatic N) is 1. The second kappa shape index (κ2) is 11.3. The summed E-state index contributed by atoms with van der Waals surface area (Å²) in [7, 11) is 0. The molecule has 1 aliphatic rings. The summed E-state index contributed by atoms with van der Waals surface area (Å²) < 4.78 is 16.4. The number of amides is 1. The van der Waals surface area contributed by atoms with Crippen LogP contribution in [0.15, 0.2) is 48.7 Å². The van der Waals surface area contributed by atoms with Crippen LogP contribution in [0.5, 0.6) is 0 Å². The highest BCUT2D eigenvalue weighted by molar-refractivity contribution is 6.30. The first kappa shape index (κ1) is 24.8. The molecule has 1 aromatic heterocycles. The quantitative estimate of drug-likeness (QED) is 0.439. The van der Waals surface area contributed by atoms with E-state index in [1.807, 2.05) is 35.0 Å². The van der Waals surface area contributed by atoms with Gasteiger partial charge in [0, 0.05) is 29.2 Å². The number of hydrogen-bond donors (Lipinski definition) is 2. The topological polar surface area (TPSA) is 71.3 Å². The van der Waals surface area contributed by atoms with E-state index in [1.165, 1.54) is 18.9 Å². The van der Waals surface area contributed by atoms with Crippen LogP contribution < -0.4 is 5.32 Å². The highest BCUT2D eigenvalue weighted by Gasteiger charge is 2.25. The molecule has 5 nitrogen and oxygen atoms in total. The van der Waals surface area contributed by atoms with Gasteiger partial charge in [0.25, 0.3) is 12.4 Å². The lowest BCUT2D eigenvalue weighted by atomic mass is 9.79. The van der Waals surface area contributed by atoms with E-state index in [1.54, 1.807) is 12.1 Å². The van der Waals surface area contributed by atoms with Gasteiger partial charge in [-0.15, -0.1) is 0 Å². The van der Waals surface area contributed by atoms with Gasteiger partial charge in [0.2, 0.25) is 0 Å². The van der Waals surface area contributed by atoms with E-state index in [-0.39, 0.29) is 24.2 Å². The van der Waals surface area contributed by atoms with Gasteiger partial charge in [0.15, 0.2) is 0 Å². The van der Waals surface area contributed by atoms with Crippen molar-refractivity contribution in [3.63, 3.8) is 0 Å². The fourth-order valence-electron chi connectivity index (χ4n) is 4.58. The van der Waals surface area contributed by atoms with Crippen LogP contribution in [-0.4, -0.2) is 28.1 Å². The van der Waals surface area contributed by atoms with Gasteiger partial charge in [-0.25, -0.2) is 4.39 Å². The first-order valence-corrected chi connectivity index (χ1v) is 11.6. The molecule has 1 amide bonds. The molecular weight excluding hydrogens is 443 g/mol. The number of carboxylic acid groups (broad SMARTS) is 1. The van der Waals surface area contributed by atoms with Crippen LogP contribution in [0.25, 0.3) is 10.9 Å². The van der Waals surface area contributed by atoms with Crippen molar-refractivity contribution in [2.24, 2.45) is 11.8 Å². The monoisotopic (exact) mass is 472 g/mol. The Morgan fingerprint density at radius 3 is 2.45 bits per heavy atom. The van der Waals surface area contributed by atoms with Crippen molar-refractivity contribution in [1.29, 1.82) is 0 Å². The van der Waals surface area contributed by atoms with Crippen LogP contribution in [0, 0.1) is 17.7 Å². The van der Waals surface area contributed by atoms with Gasteiger partial charge in [-0.05, 0) is 67.5 Å². The fourth-order valence-corrected chi connectivity index (χ4v) is 4.71. The van der Waals surface area contributed by atoms with Crippen molar-refractivity contribution in [2.75, 3.05) is 0 Å². The molecule has 0 radical (unpaired) electrons. The van der Waals surface area contributed by atoms with Gasteiger partial charge >= 0.3 is 0 Å². The van der Waals surface area contributed by atoms with Crippen molar-refractivity contribution >= 4 is 34.9 Å². The summed E-state index contributed by atoms with van der Waals surface area (Å²) in [5, 5.41) is 11.2. The van der Waals surface area contributed by atoms with E-state index in [0.29, 0.717) is 34.0 Å². The largest absolute Gasteiger partial charge is 0.483 e. The van der Waals surface area contributed by atoms with E-state index in [9.17, 15) is 9.18 Å².